The summed E-state index contributed by atoms with van der Waals surface area (Å²) in [6, 6.07) is 28.3. The molecule has 0 spiro atoms. The number of carbonyl (C=O) groups excluding carboxylic acids is 1. The van der Waals surface area contributed by atoms with E-state index < -0.39 is 0 Å². The molecule has 3 rings (SSSR count). The lowest BCUT2D eigenvalue weighted by Gasteiger charge is -2.30. The monoisotopic (exact) mass is 402 g/mol. The SMILES string of the molecule is CC(c1ccccc1)N(Cc1ccc(N(C)C)cc1)C(=O)COCc1ccccc1. The Labute approximate surface area is 179 Å². The quantitative estimate of drug-likeness (QED) is 0.502. The molecule has 0 aliphatic carbocycles. The maximum atomic E-state index is 13.1. The van der Waals surface area contributed by atoms with Gasteiger partial charge in [0.1, 0.15) is 6.61 Å². The zero-order chi connectivity index (χ0) is 21.3. The van der Waals surface area contributed by atoms with Crippen LogP contribution in [0.3, 0.4) is 0 Å². The molecule has 0 radical (unpaired) electrons. The van der Waals surface area contributed by atoms with Gasteiger partial charge >= 0.3 is 0 Å². The Balaban J connectivity index is 1.72. The second-order valence-corrected chi connectivity index (χ2v) is 7.65. The van der Waals surface area contributed by atoms with E-state index in [9.17, 15) is 4.79 Å². The van der Waals surface area contributed by atoms with Crippen molar-refractivity contribution in [3.8, 4) is 0 Å². The van der Waals surface area contributed by atoms with E-state index in [2.05, 4.69) is 48.2 Å². The highest BCUT2D eigenvalue weighted by Gasteiger charge is 2.22. The van der Waals surface area contributed by atoms with Crippen LogP contribution >= 0.6 is 0 Å². The second kappa shape index (κ2) is 10.6. The van der Waals surface area contributed by atoms with Crippen molar-refractivity contribution in [1.82, 2.24) is 4.90 Å². The zero-order valence-electron chi connectivity index (χ0n) is 18.0. The molecule has 4 nitrogen and oxygen atoms in total. The second-order valence-electron chi connectivity index (χ2n) is 7.65. The molecule has 0 heterocycles. The molecule has 30 heavy (non-hydrogen) atoms. The Bertz CT molecular complexity index is 909. The van der Waals surface area contributed by atoms with Crippen LogP contribution in [0.15, 0.2) is 84.9 Å². The molecule has 0 aliphatic rings. The molecule has 3 aromatic carbocycles. The third-order valence-electron chi connectivity index (χ3n) is 5.21. The molecule has 1 atom stereocenters. The van der Waals surface area contributed by atoms with Gasteiger partial charge in [-0.1, -0.05) is 72.8 Å². The Hall–Kier alpha value is -3.11. The summed E-state index contributed by atoms with van der Waals surface area (Å²) in [5.74, 6) is -0.0148. The van der Waals surface area contributed by atoms with E-state index in [4.69, 9.17) is 4.74 Å². The number of rotatable bonds is 9. The Morgan fingerprint density at radius 3 is 2.03 bits per heavy atom. The fourth-order valence-electron chi connectivity index (χ4n) is 3.36. The summed E-state index contributed by atoms with van der Waals surface area (Å²) in [7, 11) is 4.04. The first-order valence-corrected chi connectivity index (χ1v) is 10.3. The number of nitrogens with zero attached hydrogens (tertiary/aromatic N) is 2. The van der Waals surface area contributed by atoms with Gasteiger partial charge in [-0.2, -0.15) is 0 Å². The number of anilines is 1. The van der Waals surface area contributed by atoms with Crippen molar-refractivity contribution in [3.63, 3.8) is 0 Å². The number of amides is 1. The number of hydrogen-bond acceptors (Lipinski definition) is 3. The zero-order valence-corrected chi connectivity index (χ0v) is 18.0. The smallest absolute Gasteiger partial charge is 0.249 e. The third kappa shape index (κ3) is 5.94. The molecule has 4 heteroatoms. The fourth-order valence-corrected chi connectivity index (χ4v) is 3.36. The van der Waals surface area contributed by atoms with Gasteiger partial charge in [0.25, 0.3) is 0 Å². The van der Waals surface area contributed by atoms with Crippen LogP contribution in [-0.2, 0) is 22.7 Å². The van der Waals surface area contributed by atoms with Gasteiger partial charge in [0, 0.05) is 26.3 Å². The molecule has 1 amide bonds. The number of hydrogen-bond donors (Lipinski definition) is 0. The molecule has 0 fully saturated rings. The average Bonchev–Trinajstić information content (AvgIpc) is 2.78. The lowest BCUT2D eigenvalue weighted by Crippen LogP contribution is -2.35. The molecule has 0 aromatic heterocycles. The van der Waals surface area contributed by atoms with Gasteiger partial charge in [-0.05, 0) is 35.7 Å². The molecular weight excluding hydrogens is 372 g/mol. The van der Waals surface area contributed by atoms with E-state index in [0.29, 0.717) is 13.2 Å². The van der Waals surface area contributed by atoms with Crippen molar-refractivity contribution in [2.24, 2.45) is 0 Å². The minimum absolute atomic E-state index is 0.0148. The van der Waals surface area contributed by atoms with E-state index >= 15 is 0 Å². The minimum Gasteiger partial charge on any atom is -0.378 e. The number of benzene rings is 3. The molecule has 0 N–H and O–H groups in total. The van der Waals surface area contributed by atoms with E-state index in [0.717, 1.165) is 22.4 Å². The van der Waals surface area contributed by atoms with E-state index in [1.165, 1.54) is 0 Å². The molecule has 156 valence electrons. The summed E-state index contributed by atoms with van der Waals surface area (Å²) in [6.07, 6.45) is 0. The maximum absolute atomic E-state index is 13.1. The summed E-state index contributed by atoms with van der Waals surface area (Å²) in [5, 5.41) is 0. The topological polar surface area (TPSA) is 32.8 Å². The normalized spacial score (nSPS) is 11.7. The van der Waals surface area contributed by atoms with Crippen LogP contribution in [0.1, 0.15) is 29.7 Å². The van der Waals surface area contributed by atoms with Crippen LogP contribution in [-0.4, -0.2) is 31.5 Å². The van der Waals surface area contributed by atoms with Crippen molar-refractivity contribution < 1.29 is 9.53 Å². The van der Waals surface area contributed by atoms with Crippen LogP contribution in [0.5, 0.6) is 0 Å². The summed E-state index contributed by atoms with van der Waals surface area (Å²) in [6.45, 7) is 3.09. The molecule has 0 saturated carbocycles. The lowest BCUT2D eigenvalue weighted by molar-refractivity contribution is -0.139. The highest BCUT2D eigenvalue weighted by Crippen LogP contribution is 2.23. The highest BCUT2D eigenvalue weighted by molar-refractivity contribution is 5.78. The van der Waals surface area contributed by atoms with E-state index in [1.807, 2.05) is 67.5 Å². The average molecular weight is 403 g/mol. The summed E-state index contributed by atoms with van der Waals surface area (Å²) in [5.41, 5.74) is 4.41. The number of carbonyl (C=O) groups is 1. The third-order valence-corrected chi connectivity index (χ3v) is 5.21. The summed E-state index contributed by atoms with van der Waals surface area (Å²) in [4.78, 5) is 17.1. The summed E-state index contributed by atoms with van der Waals surface area (Å²) >= 11 is 0. The van der Waals surface area contributed by atoms with Crippen molar-refractivity contribution in [2.75, 3.05) is 25.6 Å². The predicted molar refractivity (Wildman–Crippen MR) is 122 cm³/mol. The van der Waals surface area contributed by atoms with E-state index in [1.54, 1.807) is 0 Å². The van der Waals surface area contributed by atoms with Gasteiger partial charge in [0.05, 0.1) is 12.6 Å². The molecule has 0 aliphatic heterocycles. The Morgan fingerprint density at radius 1 is 0.833 bits per heavy atom. The van der Waals surface area contributed by atoms with Gasteiger partial charge in [0.2, 0.25) is 5.91 Å². The molecule has 0 bridgehead atoms. The van der Waals surface area contributed by atoms with Gasteiger partial charge in [-0.15, -0.1) is 0 Å². The standard InChI is InChI=1S/C26H30N2O2/c1-21(24-12-8-5-9-13-24)28(18-22-14-16-25(17-15-22)27(2)3)26(29)20-30-19-23-10-6-4-7-11-23/h4-17,21H,18-20H2,1-3H3. The molecular formula is C26H30N2O2. The van der Waals surface area contributed by atoms with Gasteiger partial charge in [0.15, 0.2) is 0 Å². The number of ether oxygens (including phenoxy) is 1. The fraction of sp³-hybridized carbons (Fsp3) is 0.269. The van der Waals surface area contributed by atoms with Gasteiger partial charge in [-0.3, -0.25) is 4.79 Å². The van der Waals surface area contributed by atoms with Crippen molar-refractivity contribution >= 4 is 11.6 Å². The first-order chi connectivity index (χ1) is 14.5. The minimum atomic E-state index is -0.0486. The van der Waals surface area contributed by atoms with Crippen LogP contribution in [0.25, 0.3) is 0 Å². The predicted octanol–water partition coefficient (Wildman–Crippen LogP) is 5.06. The van der Waals surface area contributed by atoms with Gasteiger partial charge in [-0.25, -0.2) is 0 Å². The molecule has 3 aromatic rings. The Kier molecular flexibility index (Phi) is 7.63. The largest absolute Gasteiger partial charge is 0.378 e. The van der Waals surface area contributed by atoms with Crippen LogP contribution in [0.2, 0.25) is 0 Å². The van der Waals surface area contributed by atoms with Crippen LogP contribution in [0.4, 0.5) is 5.69 Å². The lowest BCUT2D eigenvalue weighted by atomic mass is 10.1. The van der Waals surface area contributed by atoms with Crippen molar-refractivity contribution in [3.05, 3.63) is 102 Å². The molecule has 0 saturated heterocycles. The Morgan fingerprint density at radius 2 is 1.43 bits per heavy atom. The highest BCUT2D eigenvalue weighted by atomic mass is 16.5. The van der Waals surface area contributed by atoms with E-state index in [-0.39, 0.29) is 18.6 Å². The first-order valence-electron chi connectivity index (χ1n) is 10.3. The van der Waals surface area contributed by atoms with Crippen LogP contribution < -0.4 is 4.90 Å². The summed E-state index contributed by atoms with van der Waals surface area (Å²) < 4.78 is 5.74. The van der Waals surface area contributed by atoms with Gasteiger partial charge < -0.3 is 14.5 Å². The maximum Gasteiger partial charge on any atom is 0.249 e. The molecule has 1 unspecified atom stereocenters. The van der Waals surface area contributed by atoms with Crippen LogP contribution in [0, 0.1) is 0 Å². The van der Waals surface area contributed by atoms with Crippen molar-refractivity contribution in [2.45, 2.75) is 26.1 Å². The van der Waals surface area contributed by atoms with Crippen molar-refractivity contribution in [1.29, 1.82) is 0 Å². The first kappa shape index (κ1) is 21.6.